The zero-order chi connectivity index (χ0) is 21.7. The van der Waals surface area contributed by atoms with Crippen LogP contribution in [0.2, 0.25) is 0 Å². The number of anilines is 1. The fourth-order valence-corrected chi connectivity index (χ4v) is 3.35. The molecule has 1 aromatic carbocycles. The van der Waals surface area contributed by atoms with E-state index in [1.165, 1.54) is 35.5 Å². The summed E-state index contributed by atoms with van der Waals surface area (Å²) in [7, 11) is 0. The van der Waals surface area contributed by atoms with Crippen molar-refractivity contribution in [2.45, 2.75) is 31.9 Å². The summed E-state index contributed by atoms with van der Waals surface area (Å²) >= 11 is 0. The van der Waals surface area contributed by atoms with Crippen LogP contribution >= 0.6 is 0 Å². The van der Waals surface area contributed by atoms with Gasteiger partial charge in [0.25, 0.3) is 0 Å². The molecule has 3 rings (SSSR count). The predicted molar refractivity (Wildman–Crippen MR) is 103 cm³/mol. The monoisotopic (exact) mass is 418 g/mol. The lowest BCUT2D eigenvalue weighted by atomic mass is 9.95. The van der Waals surface area contributed by atoms with E-state index in [9.17, 15) is 23.2 Å². The standard InChI is InChI=1S/C20H20F2N4O4/c21-20(22)30-15-6-4-12(5-7-15)16-3-1-2-8-26(16)19(29)18(28)25-14-9-13(17(23)27)10-24-11-14/h4-7,9-11,16,20H,1-3,8H2,(H2,23,27)(H,25,28)/t16-/m0/s1. The minimum Gasteiger partial charge on any atom is -0.435 e. The smallest absolute Gasteiger partial charge is 0.387 e. The molecule has 0 saturated carbocycles. The molecular formula is C20H20F2N4O4. The number of likely N-dealkylation sites (tertiary alicyclic amines) is 1. The molecule has 2 aromatic rings. The van der Waals surface area contributed by atoms with Crippen molar-refractivity contribution in [1.82, 2.24) is 9.88 Å². The van der Waals surface area contributed by atoms with Crippen molar-refractivity contribution in [2.75, 3.05) is 11.9 Å². The minimum absolute atomic E-state index is 0.0158. The van der Waals surface area contributed by atoms with Gasteiger partial charge in [-0.15, -0.1) is 0 Å². The molecule has 0 radical (unpaired) electrons. The Hall–Kier alpha value is -3.56. The number of pyridine rings is 1. The second kappa shape index (κ2) is 9.29. The number of benzene rings is 1. The molecule has 8 nitrogen and oxygen atoms in total. The van der Waals surface area contributed by atoms with Gasteiger partial charge in [0, 0.05) is 12.7 Å². The Morgan fingerprint density at radius 1 is 1.17 bits per heavy atom. The van der Waals surface area contributed by atoms with E-state index in [4.69, 9.17) is 5.73 Å². The van der Waals surface area contributed by atoms with Gasteiger partial charge in [-0.05, 0) is 43.0 Å². The number of halogens is 2. The first-order valence-corrected chi connectivity index (χ1v) is 9.26. The number of aromatic nitrogens is 1. The molecule has 30 heavy (non-hydrogen) atoms. The van der Waals surface area contributed by atoms with Crippen molar-refractivity contribution >= 4 is 23.4 Å². The van der Waals surface area contributed by atoms with Crippen molar-refractivity contribution in [1.29, 1.82) is 0 Å². The van der Waals surface area contributed by atoms with Crippen LogP contribution in [-0.4, -0.2) is 40.8 Å². The van der Waals surface area contributed by atoms with E-state index in [1.807, 2.05) is 0 Å². The summed E-state index contributed by atoms with van der Waals surface area (Å²) in [6.07, 6.45) is 4.78. The number of ether oxygens (including phenoxy) is 1. The fourth-order valence-electron chi connectivity index (χ4n) is 3.35. The first kappa shape index (κ1) is 21.2. The summed E-state index contributed by atoms with van der Waals surface area (Å²) < 4.78 is 29.0. The number of piperidine rings is 1. The van der Waals surface area contributed by atoms with Gasteiger partial charge in [0.05, 0.1) is 23.5 Å². The molecule has 0 unspecified atom stereocenters. The Morgan fingerprint density at radius 2 is 1.90 bits per heavy atom. The van der Waals surface area contributed by atoms with Gasteiger partial charge in [-0.1, -0.05) is 12.1 Å². The van der Waals surface area contributed by atoms with Crippen molar-refractivity contribution in [3.05, 3.63) is 53.9 Å². The van der Waals surface area contributed by atoms with Crippen LogP contribution in [0.1, 0.15) is 41.2 Å². The van der Waals surface area contributed by atoms with E-state index in [0.717, 1.165) is 18.4 Å². The molecule has 158 valence electrons. The Balaban J connectivity index is 1.73. The van der Waals surface area contributed by atoms with E-state index in [-0.39, 0.29) is 23.0 Å². The average molecular weight is 418 g/mol. The fraction of sp³-hybridized carbons (Fsp3) is 0.300. The van der Waals surface area contributed by atoms with Crippen LogP contribution in [-0.2, 0) is 9.59 Å². The molecule has 3 N–H and O–H groups in total. The SMILES string of the molecule is NC(=O)c1cncc(NC(=O)C(=O)N2CCCC[C@H]2c2ccc(OC(F)F)cc2)c1. The third-order valence-corrected chi connectivity index (χ3v) is 4.73. The highest BCUT2D eigenvalue weighted by molar-refractivity contribution is 6.39. The van der Waals surface area contributed by atoms with E-state index < -0.39 is 24.3 Å². The van der Waals surface area contributed by atoms with Crippen LogP contribution in [0.15, 0.2) is 42.7 Å². The maximum atomic E-state index is 12.8. The van der Waals surface area contributed by atoms with Gasteiger partial charge in [0.15, 0.2) is 0 Å². The van der Waals surface area contributed by atoms with Crippen LogP contribution in [0.5, 0.6) is 5.75 Å². The van der Waals surface area contributed by atoms with Crippen molar-refractivity contribution in [3.8, 4) is 5.75 Å². The Bertz CT molecular complexity index is 937. The Kier molecular flexibility index (Phi) is 6.55. The highest BCUT2D eigenvalue weighted by atomic mass is 19.3. The maximum absolute atomic E-state index is 12.8. The summed E-state index contributed by atoms with van der Waals surface area (Å²) in [5.74, 6) is -2.30. The third-order valence-electron chi connectivity index (χ3n) is 4.73. The summed E-state index contributed by atoms with van der Waals surface area (Å²) in [4.78, 5) is 41.8. The van der Waals surface area contributed by atoms with Crippen LogP contribution < -0.4 is 15.8 Å². The molecule has 1 saturated heterocycles. The number of carbonyl (C=O) groups excluding carboxylic acids is 3. The maximum Gasteiger partial charge on any atom is 0.387 e. The Labute approximate surface area is 171 Å². The van der Waals surface area contributed by atoms with E-state index >= 15 is 0 Å². The van der Waals surface area contributed by atoms with Crippen LogP contribution in [0, 0.1) is 0 Å². The number of nitrogens with one attached hydrogen (secondary N) is 1. The summed E-state index contributed by atoms with van der Waals surface area (Å²) in [5, 5.41) is 2.43. The topological polar surface area (TPSA) is 115 Å². The van der Waals surface area contributed by atoms with E-state index in [0.29, 0.717) is 13.0 Å². The second-order valence-corrected chi connectivity index (χ2v) is 6.74. The number of rotatable bonds is 5. The van der Waals surface area contributed by atoms with E-state index in [2.05, 4.69) is 15.0 Å². The lowest BCUT2D eigenvalue weighted by Gasteiger charge is -2.35. The molecular weight excluding hydrogens is 398 g/mol. The number of amides is 3. The van der Waals surface area contributed by atoms with Crippen molar-refractivity contribution in [2.24, 2.45) is 5.73 Å². The molecule has 0 spiro atoms. The highest BCUT2D eigenvalue weighted by Gasteiger charge is 2.32. The molecule has 3 amide bonds. The number of primary amides is 1. The lowest BCUT2D eigenvalue weighted by Crippen LogP contribution is -2.44. The summed E-state index contributed by atoms with van der Waals surface area (Å²) in [6.45, 7) is -2.54. The Morgan fingerprint density at radius 3 is 2.57 bits per heavy atom. The first-order valence-electron chi connectivity index (χ1n) is 9.26. The number of hydrogen-bond acceptors (Lipinski definition) is 5. The molecule has 2 heterocycles. The molecule has 10 heteroatoms. The quantitative estimate of drug-likeness (QED) is 0.724. The molecule has 0 aliphatic carbocycles. The minimum atomic E-state index is -2.92. The lowest BCUT2D eigenvalue weighted by molar-refractivity contribution is -0.145. The number of nitrogens with zero attached hydrogens (tertiary/aromatic N) is 2. The largest absolute Gasteiger partial charge is 0.435 e. The van der Waals surface area contributed by atoms with Gasteiger partial charge >= 0.3 is 18.4 Å². The summed E-state index contributed by atoms with van der Waals surface area (Å²) in [6, 6.07) is 6.97. The molecule has 1 fully saturated rings. The van der Waals surface area contributed by atoms with E-state index in [1.54, 1.807) is 12.1 Å². The van der Waals surface area contributed by atoms with Gasteiger partial charge in [-0.25, -0.2) is 0 Å². The van der Waals surface area contributed by atoms with Gasteiger partial charge in [-0.2, -0.15) is 8.78 Å². The van der Waals surface area contributed by atoms with Gasteiger partial charge in [0.2, 0.25) is 5.91 Å². The molecule has 1 aromatic heterocycles. The number of carbonyl (C=O) groups is 3. The van der Waals surface area contributed by atoms with Gasteiger partial charge < -0.3 is 20.7 Å². The predicted octanol–water partition coefficient (Wildman–Crippen LogP) is 2.47. The third kappa shape index (κ3) is 5.07. The molecule has 1 aliphatic heterocycles. The van der Waals surface area contributed by atoms with Crippen LogP contribution in [0.25, 0.3) is 0 Å². The number of alkyl halides is 2. The van der Waals surface area contributed by atoms with Crippen molar-refractivity contribution in [3.63, 3.8) is 0 Å². The van der Waals surface area contributed by atoms with Crippen molar-refractivity contribution < 1.29 is 27.9 Å². The average Bonchev–Trinajstić information content (AvgIpc) is 2.73. The molecule has 0 bridgehead atoms. The highest BCUT2D eigenvalue weighted by Crippen LogP contribution is 2.32. The molecule has 1 atom stereocenters. The number of nitrogens with two attached hydrogens (primary N) is 1. The molecule has 1 aliphatic rings. The second-order valence-electron chi connectivity index (χ2n) is 6.74. The zero-order valence-electron chi connectivity index (χ0n) is 15.9. The van der Waals surface area contributed by atoms with Gasteiger partial charge in [-0.3, -0.25) is 19.4 Å². The summed E-state index contributed by atoms with van der Waals surface area (Å²) in [5.41, 5.74) is 6.18. The van der Waals surface area contributed by atoms with Gasteiger partial charge in [0.1, 0.15) is 5.75 Å². The first-order chi connectivity index (χ1) is 14.3. The van der Waals surface area contributed by atoms with Crippen LogP contribution in [0.4, 0.5) is 14.5 Å². The number of hydrogen-bond donors (Lipinski definition) is 2. The van der Waals surface area contributed by atoms with Crippen LogP contribution in [0.3, 0.4) is 0 Å². The normalized spacial score (nSPS) is 16.2. The zero-order valence-corrected chi connectivity index (χ0v) is 15.9.